The smallest absolute Gasteiger partial charge is 0.339 e. The molecule has 0 aliphatic rings. The van der Waals surface area contributed by atoms with Crippen LogP contribution in [0.25, 0.3) is 11.1 Å². The summed E-state index contributed by atoms with van der Waals surface area (Å²) in [6.07, 6.45) is 0.876. The Morgan fingerprint density at radius 3 is 2.37 bits per heavy atom. The standard InChI is InChI=1S/C20H15Cl2NO3S/c1-2-11-3-5-12(6-4-11)18(24)23-19-17(20(25)26)15(10-27-19)14-8-7-13(21)9-16(14)22/h3-10H,2H2,1H3,(H,23,24)(H,25,26). The molecule has 4 nitrogen and oxygen atoms in total. The predicted molar refractivity (Wildman–Crippen MR) is 111 cm³/mol. The van der Waals surface area contributed by atoms with Crippen LogP contribution >= 0.6 is 34.5 Å². The average Bonchev–Trinajstić information content (AvgIpc) is 3.05. The zero-order valence-corrected chi connectivity index (χ0v) is 16.6. The highest BCUT2D eigenvalue weighted by Crippen LogP contribution is 2.39. The first-order chi connectivity index (χ1) is 12.9. The van der Waals surface area contributed by atoms with Crippen molar-refractivity contribution in [2.75, 3.05) is 5.32 Å². The van der Waals surface area contributed by atoms with E-state index < -0.39 is 5.97 Å². The summed E-state index contributed by atoms with van der Waals surface area (Å²) in [5.41, 5.74) is 2.56. The molecule has 7 heteroatoms. The Bertz CT molecular complexity index is 1010. The molecule has 27 heavy (non-hydrogen) atoms. The number of hydrogen-bond donors (Lipinski definition) is 2. The molecule has 2 N–H and O–H groups in total. The molecular formula is C20H15Cl2NO3S. The number of rotatable bonds is 5. The number of nitrogens with one attached hydrogen (secondary N) is 1. The molecule has 0 spiro atoms. The first-order valence-electron chi connectivity index (χ1n) is 8.11. The van der Waals surface area contributed by atoms with Gasteiger partial charge in [-0.3, -0.25) is 4.79 Å². The van der Waals surface area contributed by atoms with E-state index in [0.29, 0.717) is 26.7 Å². The molecule has 0 radical (unpaired) electrons. The fraction of sp³-hybridized carbons (Fsp3) is 0.100. The van der Waals surface area contributed by atoms with Crippen LogP contribution in [0.15, 0.2) is 47.8 Å². The van der Waals surface area contributed by atoms with Crippen LogP contribution in [0.1, 0.15) is 33.2 Å². The van der Waals surface area contributed by atoms with Crippen LogP contribution < -0.4 is 5.32 Å². The van der Waals surface area contributed by atoms with E-state index >= 15 is 0 Å². The maximum Gasteiger partial charge on any atom is 0.339 e. The number of aryl methyl sites for hydroxylation is 1. The fourth-order valence-electron chi connectivity index (χ4n) is 2.64. The predicted octanol–water partition coefficient (Wildman–Crippen LogP) is 6.23. The van der Waals surface area contributed by atoms with Gasteiger partial charge in [0.05, 0.1) is 0 Å². The number of thiophene rings is 1. The van der Waals surface area contributed by atoms with Crippen LogP contribution in [0.2, 0.25) is 10.0 Å². The van der Waals surface area contributed by atoms with Crippen LogP contribution in [0, 0.1) is 0 Å². The molecule has 0 fully saturated rings. The molecule has 0 bridgehead atoms. The van der Waals surface area contributed by atoms with Gasteiger partial charge in [-0.15, -0.1) is 11.3 Å². The van der Waals surface area contributed by atoms with Gasteiger partial charge in [0, 0.05) is 32.1 Å². The summed E-state index contributed by atoms with van der Waals surface area (Å²) in [5.74, 6) is -1.51. The summed E-state index contributed by atoms with van der Waals surface area (Å²) in [6.45, 7) is 2.03. The summed E-state index contributed by atoms with van der Waals surface area (Å²) in [7, 11) is 0. The Balaban J connectivity index is 1.95. The Hall–Kier alpha value is -2.34. The number of carboxylic acids is 1. The summed E-state index contributed by atoms with van der Waals surface area (Å²) >= 11 is 13.3. The number of aromatic carboxylic acids is 1. The maximum atomic E-state index is 12.5. The Morgan fingerprint density at radius 1 is 1.07 bits per heavy atom. The Morgan fingerprint density at radius 2 is 1.78 bits per heavy atom. The first kappa shape index (κ1) is 19.4. The van der Waals surface area contributed by atoms with Gasteiger partial charge in [0.25, 0.3) is 5.91 Å². The Kier molecular flexibility index (Phi) is 5.85. The van der Waals surface area contributed by atoms with E-state index in [2.05, 4.69) is 5.32 Å². The van der Waals surface area contributed by atoms with Crippen molar-refractivity contribution in [1.82, 2.24) is 0 Å². The molecular weight excluding hydrogens is 405 g/mol. The molecule has 0 atom stereocenters. The number of carbonyl (C=O) groups is 2. The van der Waals surface area contributed by atoms with Crippen LogP contribution in [-0.4, -0.2) is 17.0 Å². The van der Waals surface area contributed by atoms with E-state index in [-0.39, 0.29) is 16.5 Å². The molecule has 0 saturated heterocycles. The highest BCUT2D eigenvalue weighted by Gasteiger charge is 2.22. The van der Waals surface area contributed by atoms with Crippen molar-refractivity contribution in [3.8, 4) is 11.1 Å². The van der Waals surface area contributed by atoms with Crippen molar-refractivity contribution in [2.24, 2.45) is 0 Å². The second-order valence-corrected chi connectivity index (χ2v) is 7.51. The van der Waals surface area contributed by atoms with Crippen LogP contribution in [-0.2, 0) is 6.42 Å². The third-order valence-corrected chi connectivity index (χ3v) is 5.52. The minimum atomic E-state index is -1.14. The van der Waals surface area contributed by atoms with Crippen LogP contribution in [0.5, 0.6) is 0 Å². The van der Waals surface area contributed by atoms with Gasteiger partial charge < -0.3 is 10.4 Å². The van der Waals surface area contributed by atoms with Gasteiger partial charge in [0.2, 0.25) is 0 Å². The molecule has 1 heterocycles. The lowest BCUT2D eigenvalue weighted by Crippen LogP contribution is -2.13. The lowest BCUT2D eigenvalue weighted by atomic mass is 10.0. The van der Waals surface area contributed by atoms with Crippen LogP contribution in [0.3, 0.4) is 0 Å². The van der Waals surface area contributed by atoms with Gasteiger partial charge in [-0.1, -0.05) is 48.3 Å². The molecule has 1 aromatic heterocycles. The maximum absolute atomic E-state index is 12.5. The molecule has 3 rings (SSSR count). The van der Waals surface area contributed by atoms with Gasteiger partial charge in [0.15, 0.2) is 0 Å². The molecule has 138 valence electrons. The lowest BCUT2D eigenvalue weighted by molar-refractivity contribution is 0.0699. The van der Waals surface area contributed by atoms with Crippen molar-refractivity contribution in [3.05, 3.63) is 74.6 Å². The summed E-state index contributed by atoms with van der Waals surface area (Å²) in [4.78, 5) is 24.3. The number of benzene rings is 2. The minimum Gasteiger partial charge on any atom is -0.478 e. The monoisotopic (exact) mass is 419 g/mol. The SMILES string of the molecule is CCc1ccc(C(=O)Nc2scc(-c3ccc(Cl)cc3Cl)c2C(=O)O)cc1. The molecule has 0 aliphatic heterocycles. The van der Waals surface area contributed by atoms with E-state index in [1.807, 2.05) is 19.1 Å². The zero-order chi connectivity index (χ0) is 19.6. The van der Waals surface area contributed by atoms with Crippen LogP contribution in [0.4, 0.5) is 5.00 Å². The number of anilines is 1. The molecule has 0 saturated carbocycles. The van der Waals surface area contributed by atoms with E-state index in [9.17, 15) is 14.7 Å². The largest absolute Gasteiger partial charge is 0.478 e. The lowest BCUT2D eigenvalue weighted by Gasteiger charge is -2.08. The van der Waals surface area contributed by atoms with E-state index in [1.165, 1.54) is 0 Å². The molecule has 2 aromatic carbocycles. The third kappa shape index (κ3) is 4.16. The quantitative estimate of drug-likeness (QED) is 0.514. The summed E-state index contributed by atoms with van der Waals surface area (Å²) in [6, 6.07) is 12.0. The van der Waals surface area contributed by atoms with E-state index in [1.54, 1.807) is 35.7 Å². The number of hydrogen-bond acceptors (Lipinski definition) is 3. The number of amides is 1. The highest BCUT2D eigenvalue weighted by atomic mass is 35.5. The fourth-order valence-corrected chi connectivity index (χ4v) is 4.09. The number of carboxylic acid groups (broad SMARTS) is 1. The third-order valence-electron chi connectivity index (χ3n) is 4.08. The number of carbonyl (C=O) groups excluding carboxylic acids is 1. The first-order valence-corrected chi connectivity index (χ1v) is 9.74. The zero-order valence-electron chi connectivity index (χ0n) is 14.3. The van der Waals surface area contributed by atoms with Gasteiger partial charge in [-0.2, -0.15) is 0 Å². The van der Waals surface area contributed by atoms with Gasteiger partial charge >= 0.3 is 5.97 Å². The number of halogens is 2. The minimum absolute atomic E-state index is 0.00255. The second-order valence-electron chi connectivity index (χ2n) is 5.79. The van der Waals surface area contributed by atoms with Gasteiger partial charge in [-0.05, 0) is 36.2 Å². The van der Waals surface area contributed by atoms with Crippen molar-refractivity contribution >= 4 is 51.4 Å². The van der Waals surface area contributed by atoms with Crippen molar-refractivity contribution < 1.29 is 14.7 Å². The van der Waals surface area contributed by atoms with Gasteiger partial charge in [0.1, 0.15) is 10.6 Å². The van der Waals surface area contributed by atoms with E-state index in [0.717, 1.165) is 23.3 Å². The molecule has 3 aromatic rings. The topological polar surface area (TPSA) is 66.4 Å². The average molecular weight is 420 g/mol. The summed E-state index contributed by atoms with van der Waals surface area (Å²) < 4.78 is 0. The Labute approximate surface area is 170 Å². The van der Waals surface area contributed by atoms with Crippen molar-refractivity contribution in [3.63, 3.8) is 0 Å². The molecule has 0 aliphatic carbocycles. The highest BCUT2D eigenvalue weighted by molar-refractivity contribution is 7.15. The molecule has 0 unspecified atom stereocenters. The van der Waals surface area contributed by atoms with Crippen molar-refractivity contribution in [1.29, 1.82) is 0 Å². The molecule has 1 amide bonds. The van der Waals surface area contributed by atoms with Crippen molar-refractivity contribution in [2.45, 2.75) is 13.3 Å². The summed E-state index contributed by atoms with van der Waals surface area (Å²) in [5, 5.41) is 15.1. The second kappa shape index (κ2) is 8.13. The van der Waals surface area contributed by atoms with E-state index in [4.69, 9.17) is 23.2 Å². The van der Waals surface area contributed by atoms with Gasteiger partial charge in [-0.25, -0.2) is 4.79 Å². The normalized spacial score (nSPS) is 10.6.